The molecule has 0 aliphatic carbocycles. The molecule has 0 aromatic heterocycles. The van der Waals surface area contributed by atoms with E-state index < -0.39 is 21.1 Å². The van der Waals surface area contributed by atoms with Gasteiger partial charge in [0, 0.05) is 0 Å². The predicted octanol–water partition coefficient (Wildman–Crippen LogP) is 1.11. The maximum absolute atomic E-state index is 11.9. The highest BCUT2D eigenvalue weighted by Gasteiger charge is 2.24. The van der Waals surface area contributed by atoms with Crippen LogP contribution in [0.15, 0.2) is 29.2 Å². The molecule has 0 saturated carbocycles. The fourth-order valence-electron chi connectivity index (χ4n) is 1.55. The Morgan fingerprint density at radius 3 is 2.11 bits per heavy atom. The molecule has 0 heterocycles. The van der Waals surface area contributed by atoms with Gasteiger partial charge in [0.15, 0.2) is 9.84 Å². The van der Waals surface area contributed by atoms with Gasteiger partial charge in [0.25, 0.3) is 0 Å². The van der Waals surface area contributed by atoms with Crippen molar-refractivity contribution in [3.05, 3.63) is 29.8 Å². The van der Waals surface area contributed by atoms with Gasteiger partial charge in [-0.15, -0.1) is 0 Å². The number of hydrogen-bond donors (Lipinski definition) is 0. The van der Waals surface area contributed by atoms with Crippen molar-refractivity contribution in [2.45, 2.75) is 43.3 Å². The van der Waals surface area contributed by atoms with Gasteiger partial charge in [-0.1, -0.05) is 26.0 Å². The molecule has 2 atom stereocenters. The molecule has 0 aliphatic heterocycles. The number of hydrogen-bond acceptors (Lipinski definition) is 4. The van der Waals surface area contributed by atoms with Gasteiger partial charge in [0.2, 0.25) is 0 Å². The van der Waals surface area contributed by atoms with Gasteiger partial charge in [-0.25, -0.2) is 8.42 Å². The molecule has 0 saturated heterocycles. The largest absolute Gasteiger partial charge is 0.549 e. The van der Waals surface area contributed by atoms with Crippen molar-refractivity contribution >= 4 is 15.8 Å². The number of carbonyl (C=O) groups is 1. The first kappa shape index (κ1) is 14.7. The van der Waals surface area contributed by atoms with E-state index in [1.807, 2.05) is 13.8 Å². The number of carboxylic acid groups (broad SMARTS) is 1. The number of aliphatic carboxylic acids is 1. The highest BCUT2D eigenvalue weighted by atomic mass is 32.2. The summed E-state index contributed by atoms with van der Waals surface area (Å²) < 4.78 is 23.8. The molecule has 2 unspecified atom stereocenters. The van der Waals surface area contributed by atoms with Crippen molar-refractivity contribution < 1.29 is 18.3 Å². The Kier molecular flexibility index (Phi) is 4.51. The molecule has 0 spiro atoms. The van der Waals surface area contributed by atoms with Crippen LogP contribution in [0, 0.1) is 0 Å². The first-order valence-corrected chi connectivity index (χ1v) is 7.40. The van der Waals surface area contributed by atoms with Crippen LogP contribution < -0.4 is 5.11 Å². The summed E-state index contributed by atoms with van der Waals surface area (Å²) in [5.74, 6) is -1.23. The summed E-state index contributed by atoms with van der Waals surface area (Å²) in [6.45, 7) is 5.22. The van der Waals surface area contributed by atoms with E-state index in [1.165, 1.54) is 12.1 Å². The molecule has 18 heavy (non-hydrogen) atoms. The molecule has 1 rings (SSSR count). The third-order valence-electron chi connectivity index (χ3n) is 3.19. The molecule has 100 valence electrons. The number of carbonyl (C=O) groups excluding carboxylic acids is 1. The van der Waals surface area contributed by atoms with E-state index in [0.29, 0.717) is 5.92 Å². The summed E-state index contributed by atoms with van der Waals surface area (Å²) in [7, 11) is -3.85. The normalized spacial score (nSPS) is 15.1. The van der Waals surface area contributed by atoms with Gasteiger partial charge in [-0.05, 0) is 37.0 Å². The molecule has 0 radical (unpaired) electrons. The Balaban J connectivity index is 3.09. The molecule has 0 fully saturated rings. The zero-order chi connectivity index (χ0) is 13.9. The summed E-state index contributed by atoms with van der Waals surface area (Å²) in [6, 6.07) is 6.36. The van der Waals surface area contributed by atoms with Crippen LogP contribution in [-0.2, 0) is 14.6 Å². The molecule has 5 heteroatoms. The Bertz CT molecular complexity index is 516. The van der Waals surface area contributed by atoms with E-state index in [1.54, 1.807) is 12.1 Å². The smallest absolute Gasteiger partial charge is 0.186 e. The van der Waals surface area contributed by atoms with E-state index in [-0.39, 0.29) is 4.90 Å². The SMILES string of the molecule is CCC(C)c1ccc(S(=O)(=O)C(C)C(=O)[O-])cc1. The van der Waals surface area contributed by atoms with Crippen molar-refractivity contribution in [1.82, 2.24) is 0 Å². The molecule has 1 aromatic carbocycles. The van der Waals surface area contributed by atoms with E-state index in [9.17, 15) is 18.3 Å². The molecule has 0 N–H and O–H groups in total. The maximum atomic E-state index is 11.9. The predicted molar refractivity (Wildman–Crippen MR) is 66.8 cm³/mol. The van der Waals surface area contributed by atoms with Crippen molar-refractivity contribution in [3.8, 4) is 0 Å². The second kappa shape index (κ2) is 5.52. The van der Waals surface area contributed by atoms with E-state index in [4.69, 9.17) is 0 Å². The van der Waals surface area contributed by atoms with Crippen LogP contribution in [0.5, 0.6) is 0 Å². The van der Waals surface area contributed by atoms with Gasteiger partial charge in [-0.3, -0.25) is 0 Å². The first-order valence-electron chi connectivity index (χ1n) is 5.85. The van der Waals surface area contributed by atoms with Crippen LogP contribution in [0.1, 0.15) is 38.7 Å². The number of benzene rings is 1. The van der Waals surface area contributed by atoms with Crippen molar-refractivity contribution in [2.75, 3.05) is 0 Å². The van der Waals surface area contributed by atoms with Crippen molar-refractivity contribution in [3.63, 3.8) is 0 Å². The average molecular weight is 269 g/mol. The minimum Gasteiger partial charge on any atom is -0.549 e. The van der Waals surface area contributed by atoms with Crippen LogP contribution in [-0.4, -0.2) is 19.6 Å². The fraction of sp³-hybridized carbons (Fsp3) is 0.462. The Labute approximate surface area is 108 Å². The monoisotopic (exact) mass is 269 g/mol. The zero-order valence-electron chi connectivity index (χ0n) is 10.7. The topological polar surface area (TPSA) is 74.3 Å². The van der Waals surface area contributed by atoms with Crippen LogP contribution in [0.25, 0.3) is 0 Å². The number of rotatable bonds is 5. The number of sulfone groups is 1. The van der Waals surface area contributed by atoms with Crippen LogP contribution in [0.4, 0.5) is 0 Å². The van der Waals surface area contributed by atoms with Crippen LogP contribution >= 0.6 is 0 Å². The second-order valence-electron chi connectivity index (χ2n) is 4.38. The Morgan fingerprint density at radius 1 is 1.22 bits per heavy atom. The molecule has 0 amide bonds. The van der Waals surface area contributed by atoms with Gasteiger partial charge in [-0.2, -0.15) is 0 Å². The molecule has 4 nitrogen and oxygen atoms in total. The lowest BCUT2D eigenvalue weighted by atomic mass is 9.99. The summed E-state index contributed by atoms with van der Waals surface area (Å²) in [5, 5.41) is 9.12. The standard InChI is InChI=1S/C13H18O4S/c1-4-9(2)11-5-7-12(8-6-11)18(16,17)10(3)13(14)15/h5-10H,4H2,1-3H3,(H,14,15)/p-1. The van der Waals surface area contributed by atoms with Crippen molar-refractivity contribution in [1.29, 1.82) is 0 Å². The molecular formula is C13H17O4S-. The third-order valence-corrected chi connectivity index (χ3v) is 5.24. The molecule has 0 aliphatic rings. The van der Waals surface area contributed by atoms with Gasteiger partial charge >= 0.3 is 0 Å². The summed E-state index contributed by atoms with van der Waals surface area (Å²) in [6.07, 6.45) is 0.960. The molecular weight excluding hydrogens is 252 g/mol. The summed E-state index contributed by atoms with van der Waals surface area (Å²) >= 11 is 0. The minimum absolute atomic E-state index is 0.0197. The van der Waals surface area contributed by atoms with Crippen LogP contribution in [0.2, 0.25) is 0 Å². The summed E-state index contributed by atoms with van der Waals surface area (Å²) in [4.78, 5) is 10.7. The average Bonchev–Trinajstić information content (AvgIpc) is 2.36. The fourth-order valence-corrected chi connectivity index (χ4v) is 2.73. The van der Waals surface area contributed by atoms with E-state index in [2.05, 4.69) is 0 Å². The minimum atomic E-state index is -3.85. The zero-order valence-corrected chi connectivity index (χ0v) is 11.5. The molecule has 0 bridgehead atoms. The van der Waals surface area contributed by atoms with E-state index in [0.717, 1.165) is 18.9 Å². The Hall–Kier alpha value is -1.36. The lowest BCUT2D eigenvalue weighted by Gasteiger charge is -2.15. The van der Waals surface area contributed by atoms with Gasteiger partial charge in [0.1, 0.15) is 5.25 Å². The lowest BCUT2D eigenvalue weighted by Crippen LogP contribution is -2.38. The quantitative estimate of drug-likeness (QED) is 0.802. The lowest BCUT2D eigenvalue weighted by molar-refractivity contribution is -0.304. The highest BCUT2D eigenvalue weighted by Crippen LogP contribution is 2.22. The molecule has 1 aromatic rings. The van der Waals surface area contributed by atoms with Crippen molar-refractivity contribution in [2.24, 2.45) is 0 Å². The van der Waals surface area contributed by atoms with Crippen LogP contribution in [0.3, 0.4) is 0 Å². The second-order valence-corrected chi connectivity index (χ2v) is 6.65. The van der Waals surface area contributed by atoms with Gasteiger partial charge in [0.05, 0.1) is 10.9 Å². The van der Waals surface area contributed by atoms with E-state index >= 15 is 0 Å². The third kappa shape index (κ3) is 2.90. The summed E-state index contributed by atoms with van der Waals surface area (Å²) in [5.41, 5.74) is 1.04. The van der Waals surface area contributed by atoms with Gasteiger partial charge < -0.3 is 9.90 Å². The maximum Gasteiger partial charge on any atom is 0.186 e. The Morgan fingerprint density at radius 2 is 1.72 bits per heavy atom. The first-order chi connectivity index (χ1) is 8.30. The number of carboxylic acids is 1. The highest BCUT2D eigenvalue weighted by molar-refractivity contribution is 7.92.